The molecule has 0 radical (unpaired) electrons. The molecule has 0 spiro atoms. The summed E-state index contributed by atoms with van der Waals surface area (Å²) in [7, 11) is 0. The Hall–Kier alpha value is -7.76. The van der Waals surface area contributed by atoms with Crippen LogP contribution in [0.5, 0.6) is 0 Å². The topological polar surface area (TPSA) is 57.0 Å². The van der Waals surface area contributed by atoms with Crippen LogP contribution in [0, 0.1) is 0 Å². The minimum atomic E-state index is 0.619. The van der Waals surface area contributed by atoms with Gasteiger partial charge in [0.25, 0.3) is 0 Å². The molecular weight excluding hydrogens is 699 g/mol. The van der Waals surface area contributed by atoms with Gasteiger partial charge in [0.05, 0.1) is 22.4 Å². The highest BCUT2D eigenvalue weighted by molar-refractivity contribution is 6.10. The third kappa shape index (κ3) is 5.10. The number of para-hydroxylation sites is 4. The molecular formula is C52H31N3O2. The van der Waals surface area contributed by atoms with Crippen molar-refractivity contribution in [3.8, 4) is 50.7 Å². The van der Waals surface area contributed by atoms with E-state index in [4.69, 9.17) is 18.8 Å². The minimum absolute atomic E-state index is 0.619. The molecule has 0 amide bonds. The molecule has 0 aliphatic carbocycles. The molecule has 57 heavy (non-hydrogen) atoms. The molecule has 0 aliphatic rings. The summed E-state index contributed by atoms with van der Waals surface area (Å²) in [4.78, 5) is 10.7. The lowest BCUT2D eigenvalue weighted by atomic mass is 9.93. The van der Waals surface area contributed by atoms with Crippen molar-refractivity contribution in [3.05, 3.63) is 188 Å². The van der Waals surface area contributed by atoms with Crippen LogP contribution >= 0.6 is 0 Å². The summed E-state index contributed by atoms with van der Waals surface area (Å²) in [6.45, 7) is 0. The van der Waals surface area contributed by atoms with Crippen LogP contribution in [0.3, 0.4) is 0 Å². The molecule has 0 saturated carbocycles. The zero-order valence-electron chi connectivity index (χ0n) is 30.6. The van der Waals surface area contributed by atoms with Gasteiger partial charge in [-0.2, -0.15) is 0 Å². The second-order valence-electron chi connectivity index (χ2n) is 14.6. The average Bonchev–Trinajstić information content (AvgIpc) is 3.95. The Morgan fingerprint density at radius 1 is 0.298 bits per heavy atom. The van der Waals surface area contributed by atoms with Crippen molar-refractivity contribution < 1.29 is 8.83 Å². The van der Waals surface area contributed by atoms with E-state index in [9.17, 15) is 0 Å². The van der Waals surface area contributed by atoms with Gasteiger partial charge < -0.3 is 8.83 Å². The molecule has 0 bridgehead atoms. The van der Waals surface area contributed by atoms with Crippen LogP contribution in [0.4, 0.5) is 0 Å². The van der Waals surface area contributed by atoms with Gasteiger partial charge in [-0.3, -0.25) is 4.57 Å². The molecule has 0 aliphatic heterocycles. The second-order valence-corrected chi connectivity index (χ2v) is 14.6. The van der Waals surface area contributed by atoms with E-state index in [0.717, 1.165) is 110 Å². The van der Waals surface area contributed by atoms with Gasteiger partial charge >= 0.3 is 0 Å². The Balaban J connectivity index is 1.12. The number of rotatable bonds is 5. The highest BCUT2D eigenvalue weighted by Crippen LogP contribution is 2.39. The molecule has 266 valence electrons. The van der Waals surface area contributed by atoms with Crippen molar-refractivity contribution in [2.24, 2.45) is 0 Å². The molecule has 0 saturated heterocycles. The number of aromatic nitrogens is 3. The van der Waals surface area contributed by atoms with Gasteiger partial charge in [0.2, 0.25) is 5.95 Å². The Morgan fingerprint density at radius 2 is 0.737 bits per heavy atom. The molecule has 4 aromatic heterocycles. The summed E-state index contributed by atoms with van der Waals surface area (Å²) in [5.74, 6) is 0.619. The standard InChI is InChI=1S/C52H31N3O2/c1-2-12-32(13-3-1)44-31-45(54-52(53-44)55-46-18-8-4-14-38(46)39-15-5-9-19-47(39)55)37-27-35(33-22-24-50-42(29-33)40-16-6-10-20-48(40)56-50)26-36(28-37)34-23-25-51-43(30-34)41-17-7-11-21-49(41)57-51/h1-31H. The minimum Gasteiger partial charge on any atom is -0.456 e. The van der Waals surface area contributed by atoms with Crippen molar-refractivity contribution in [1.29, 1.82) is 0 Å². The van der Waals surface area contributed by atoms with Crippen molar-refractivity contribution in [1.82, 2.24) is 14.5 Å². The van der Waals surface area contributed by atoms with Crippen molar-refractivity contribution >= 4 is 65.7 Å². The largest absolute Gasteiger partial charge is 0.456 e. The SMILES string of the molecule is c1ccc(-c2cc(-c3cc(-c4ccc5oc6ccccc6c5c4)cc(-c4ccc5oc6ccccc6c5c4)c3)nc(-n3c4ccccc4c4ccccc43)n2)cc1. The maximum Gasteiger partial charge on any atom is 0.235 e. The van der Waals surface area contributed by atoms with Crippen LogP contribution in [0.25, 0.3) is 116 Å². The number of hydrogen-bond donors (Lipinski definition) is 0. The Labute approximate surface area is 326 Å². The van der Waals surface area contributed by atoms with E-state index in [0.29, 0.717) is 5.95 Å². The molecule has 0 atom stereocenters. The molecule has 0 unspecified atom stereocenters. The van der Waals surface area contributed by atoms with Crippen LogP contribution in [0.2, 0.25) is 0 Å². The van der Waals surface area contributed by atoms with E-state index in [1.165, 1.54) is 0 Å². The van der Waals surface area contributed by atoms with Crippen molar-refractivity contribution in [2.75, 3.05) is 0 Å². The lowest BCUT2D eigenvalue weighted by molar-refractivity contribution is 0.668. The number of furan rings is 2. The fraction of sp³-hybridized carbons (Fsp3) is 0. The van der Waals surface area contributed by atoms with E-state index >= 15 is 0 Å². The first kappa shape index (κ1) is 31.6. The lowest BCUT2D eigenvalue weighted by Crippen LogP contribution is -2.04. The van der Waals surface area contributed by atoms with Crippen LogP contribution in [-0.4, -0.2) is 14.5 Å². The molecule has 0 N–H and O–H groups in total. The Bertz CT molecular complexity index is 3350. The summed E-state index contributed by atoms with van der Waals surface area (Å²) in [5, 5.41) is 6.70. The van der Waals surface area contributed by atoms with Gasteiger partial charge in [-0.15, -0.1) is 0 Å². The highest BCUT2D eigenvalue weighted by atomic mass is 16.3. The van der Waals surface area contributed by atoms with E-state index in [1.807, 2.05) is 30.3 Å². The summed E-state index contributed by atoms with van der Waals surface area (Å²) in [6.07, 6.45) is 0. The summed E-state index contributed by atoms with van der Waals surface area (Å²) in [6, 6.07) is 65.7. The Morgan fingerprint density at radius 3 is 1.30 bits per heavy atom. The number of benzene rings is 8. The molecule has 5 heteroatoms. The second kappa shape index (κ2) is 12.4. The fourth-order valence-electron chi connectivity index (χ4n) is 8.50. The zero-order valence-corrected chi connectivity index (χ0v) is 30.6. The molecule has 12 rings (SSSR count). The van der Waals surface area contributed by atoms with E-state index in [1.54, 1.807) is 0 Å². The average molecular weight is 730 g/mol. The first-order valence-corrected chi connectivity index (χ1v) is 19.1. The monoisotopic (exact) mass is 729 g/mol. The molecule has 0 fully saturated rings. The van der Waals surface area contributed by atoms with E-state index in [2.05, 4.69) is 162 Å². The van der Waals surface area contributed by atoms with Crippen LogP contribution in [0.1, 0.15) is 0 Å². The maximum absolute atomic E-state index is 6.23. The zero-order chi connectivity index (χ0) is 37.5. The first-order valence-electron chi connectivity index (χ1n) is 19.1. The van der Waals surface area contributed by atoms with E-state index < -0.39 is 0 Å². The summed E-state index contributed by atoms with van der Waals surface area (Å²) < 4.78 is 14.7. The molecule has 4 heterocycles. The predicted octanol–water partition coefficient (Wildman–Crippen LogP) is 14.0. The smallest absolute Gasteiger partial charge is 0.235 e. The third-order valence-electron chi connectivity index (χ3n) is 11.2. The van der Waals surface area contributed by atoms with Gasteiger partial charge in [0.1, 0.15) is 22.3 Å². The first-order chi connectivity index (χ1) is 28.2. The summed E-state index contributed by atoms with van der Waals surface area (Å²) in [5.41, 5.74) is 13.6. The van der Waals surface area contributed by atoms with Gasteiger partial charge in [-0.1, -0.05) is 115 Å². The predicted molar refractivity (Wildman–Crippen MR) is 233 cm³/mol. The number of nitrogens with zero attached hydrogens (tertiary/aromatic N) is 3. The van der Waals surface area contributed by atoms with Gasteiger partial charge in [0, 0.05) is 43.4 Å². The lowest BCUT2D eigenvalue weighted by Gasteiger charge is -2.14. The fourth-order valence-corrected chi connectivity index (χ4v) is 8.50. The van der Waals surface area contributed by atoms with E-state index in [-0.39, 0.29) is 0 Å². The van der Waals surface area contributed by atoms with Crippen LogP contribution in [0.15, 0.2) is 197 Å². The van der Waals surface area contributed by atoms with Crippen LogP contribution < -0.4 is 0 Å². The number of hydrogen-bond acceptors (Lipinski definition) is 4. The number of fused-ring (bicyclic) bond motifs is 9. The highest BCUT2D eigenvalue weighted by Gasteiger charge is 2.19. The third-order valence-corrected chi connectivity index (χ3v) is 11.2. The summed E-state index contributed by atoms with van der Waals surface area (Å²) >= 11 is 0. The van der Waals surface area contributed by atoms with Crippen molar-refractivity contribution in [2.45, 2.75) is 0 Å². The molecule has 12 aromatic rings. The quantitative estimate of drug-likeness (QED) is 0.177. The maximum atomic E-state index is 6.23. The molecule has 8 aromatic carbocycles. The van der Waals surface area contributed by atoms with Crippen LogP contribution in [-0.2, 0) is 0 Å². The normalized spacial score (nSPS) is 11.9. The Kier molecular flexibility index (Phi) is 6.86. The van der Waals surface area contributed by atoms with Gasteiger partial charge in [-0.25, -0.2) is 9.97 Å². The van der Waals surface area contributed by atoms with Gasteiger partial charge in [-0.05, 0) is 95.1 Å². The molecule has 5 nitrogen and oxygen atoms in total. The van der Waals surface area contributed by atoms with Gasteiger partial charge in [0.15, 0.2) is 0 Å². The van der Waals surface area contributed by atoms with Crippen molar-refractivity contribution in [3.63, 3.8) is 0 Å².